The first kappa shape index (κ1) is 17.9. The molecule has 1 aliphatic rings. The number of esters is 1. The first-order valence-corrected chi connectivity index (χ1v) is 8.77. The molecule has 1 saturated heterocycles. The number of hydrogen-bond donors (Lipinski definition) is 1. The number of hydrogen-bond acceptors (Lipinski definition) is 5. The maximum absolute atomic E-state index is 12.5. The van der Waals surface area contributed by atoms with Crippen LogP contribution in [0.2, 0.25) is 0 Å². The zero-order valence-corrected chi connectivity index (χ0v) is 15.1. The molecule has 0 bridgehead atoms. The van der Waals surface area contributed by atoms with E-state index in [9.17, 15) is 9.59 Å². The van der Waals surface area contributed by atoms with Crippen LogP contribution in [0.15, 0.2) is 42.6 Å². The number of carbonyl (C=O) groups is 2. The maximum atomic E-state index is 12.5. The largest absolute Gasteiger partial charge is 0.465 e. The standard InChI is InChI=1S/C20H23N3O3/c1-14-4-3-11-23(13-14)17-9-10-21-18(12-17)19(24)22-16-7-5-15(6-8-16)20(25)26-2/h5-10,12,14H,3-4,11,13H2,1-2H3,(H,22,24). The number of benzene rings is 1. The number of pyridine rings is 1. The summed E-state index contributed by atoms with van der Waals surface area (Å²) in [5.74, 6) is -0.0294. The van der Waals surface area contributed by atoms with E-state index in [2.05, 4.69) is 26.9 Å². The molecule has 0 radical (unpaired) electrons. The lowest BCUT2D eigenvalue weighted by Crippen LogP contribution is -2.34. The summed E-state index contributed by atoms with van der Waals surface area (Å²) in [4.78, 5) is 30.5. The van der Waals surface area contributed by atoms with Crippen molar-refractivity contribution in [2.24, 2.45) is 5.92 Å². The molecule has 1 unspecified atom stereocenters. The van der Waals surface area contributed by atoms with E-state index >= 15 is 0 Å². The van der Waals surface area contributed by atoms with E-state index in [1.807, 2.05) is 12.1 Å². The van der Waals surface area contributed by atoms with Gasteiger partial charge >= 0.3 is 5.97 Å². The van der Waals surface area contributed by atoms with Gasteiger partial charge in [0.1, 0.15) is 5.69 Å². The molecule has 1 aliphatic heterocycles. The van der Waals surface area contributed by atoms with Gasteiger partial charge in [-0.25, -0.2) is 4.79 Å². The van der Waals surface area contributed by atoms with Crippen molar-refractivity contribution in [3.8, 4) is 0 Å². The van der Waals surface area contributed by atoms with Gasteiger partial charge in [0.05, 0.1) is 12.7 Å². The lowest BCUT2D eigenvalue weighted by molar-refractivity contribution is 0.0600. The van der Waals surface area contributed by atoms with Crippen LogP contribution in [-0.2, 0) is 4.74 Å². The highest BCUT2D eigenvalue weighted by molar-refractivity contribution is 6.03. The molecule has 1 aromatic carbocycles. The van der Waals surface area contributed by atoms with Crippen LogP contribution in [0.5, 0.6) is 0 Å². The quantitative estimate of drug-likeness (QED) is 0.854. The van der Waals surface area contributed by atoms with Gasteiger partial charge in [-0.05, 0) is 55.2 Å². The van der Waals surface area contributed by atoms with E-state index in [0.29, 0.717) is 22.9 Å². The summed E-state index contributed by atoms with van der Waals surface area (Å²) in [5.41, 5.74) is 2.43. The molecule has 1 amide bonds. The first-order chi connectivity index (χ1) is 12.6. The van der Waals surface area contributed by atoms with Gasteiger partial charge in [0.2, 0.25) is 0 Å². The second-order valence-corrected chi connectivity index (χ2v) is 6.62. The third-order valence-corrected chi connectivity index (χ3v) is 4.56. The van der Waals surface area contributed by atoms with Crippen LogP contribution < -0.4 is 10.2 Å². The van der Waals surface area contributed by atoms with Gasteiger partial charge in [0.25, 0.3) is 5.91 Å². The van der Waals surface area contributed by atoms with E-state index in [-0.39, 0.29) is 5.91 Å². The molecule has 136 valence electrons. The van der Waals surface area contributed by atoms with Crippen molar-refractivity contribution in [1.29, 1.82) is 0 Å². The Morgan fingerprint density at radius 1 is 1.23 bits per heavy atom. The van der Waals surface area contributed by atoms with Crippen LogP contribution in [0.1, 0.15) is 40.6 Å². The van der Waals surface area contributed by atoms with Gasteiger partial charge in [-0.2, -0.15) is 0 Å². The summed E-state index contributed by atoms with van der Waals surface area (Å²) in [6, 6.07) is 10.3. The molecule has 6 heteroatoms. The molecular formula is C20H23N3O3. The van der Waals surface area contributed by atoms with Crippen molar-refractivity contribution in [2.45, 2.75) is 19.8 Å². The van der Waals surface area contributed by atoms with E-state index in [1.165, 1.54) is 13.5 Å². The number of carbonyl (C=O) groups excluding carboxylic acids is 2. The molecule has 6 nitrogen and oxygen atoms in total. The van der Waals surface area contributed by atoms with Crippen molar-refractivity contribution in [3.63, 3.8) is 0 Å². The summed E-state index contributed by atoms with van der Waals surface area (Å²) < 4.78 is 4.66. The summed E-state index contributed by atoms with van der Waals surface area (Å²) >= 11 is 0. The average Bonchev–Trinajstić information content (AvgIpc) is 2.68. The fourth-order valence-corrected chi connectivity index (χ4v) is 3.17. The average molecular weight is 353 g/mol. The number of piperidine rings is 1. The second-order valence-electron chi connectivity index (χ2n) is 6.62. The summed E-state index contributed by atoms with van der Waals surface area (Å²) in [5, 5.41) is 2.81. The Morgan fingerprint density at radius 3 is 2.69 bits per heavy atom. The monoisotopic (exact) mass is 353 g/mol. The number of rotatable bonds is 4. The summed E-state index contributed by atoms with van der Waals surface area (Å²) in [6.45, 7) is 4.25. The smallest absolute Gasteiger partial charge is 0.337 e. The number of nitrogens with one attached hydrogen (secondary N) is 1. The molecule has 1 fully saturated rings. The van der Waals surface area contributed by atoms with Gasteiger partial charge in [0, 0.05) is 30.7 Å². The van der Waals surface area contributed by atoms with Crippen LogP contribution >= 0.6 is 0 Å². The zero-order chi connectivity index (χ0) is 18.5. The molecule has 3 rings (SSSR count). The van der Waals surface area contributed by atoms with Crippen molar-refractivity contribution in [1.82, 2.24) is 4.98 Å². The number of ether oxygens (including phenoxy) is 1. The van der Waals surface area contributed by atoms with E-state index in [0.717, 1.165) is 25.2 Å². The van der Waals surface area contributed by atoms with Crippen molar-refractivity contribution < 1.29 is 14.3 Å². The Hall–Kier alpha value is -2.89. The van der Waals surface area contributed by atoms with Gasteiger partial charge in [-0.1, -0.05) is 6.92 Å². The SMILES string of the molecule is COC(=O)c1ccc(NC(=O)c2cc(N3CCCC(C)C3)ccn2)cc1. The van der Waals surface area contributed by atoms with Gasteiger partial charge in [-0.15, -0.1) is 0 Å². The van der Waals surface area contributed by atoms with Crippen molar-refractivity contribution in [2.75, 3.05) is 30.4 Å². The third-order valence-electron chi connectivity index (χ3n) is 4.56. The minimum absolute atomic E-state index is 0.275. The lowest BCUT2D eigenvalue weighted by Gasteiger charge is -2.32. The summed E-state index contributed by atoms with van der Waals surface area (Å²) in [6.07, 6.45) is 4.08. The molecule has 0 saturated carbocycles. The molecule has 0 aliphatic carbocycles. The van der Waals surface area contributed by atoms with Crippen LogP contribution in [0, 0.1) is 5.92 Å². The Balaban J connectivity index is 1.70. The number of amides is 1. The van der Waals surface area contributed by atoms with Crippen LogP contribution in [0.25, 0.3) is 0 Å². The number of methoxy groups -OCH3 is 1. The van der Waals surface area contributed by atoms with Crippen molar-refractivity contribution >= 4 is 23.3 Å². The van der Waals surface area contributed by atoms with E-state index in [1.54, 1.807) is 30.5 Å². The zero-order valence-electron chi connectivity index (χ0n) is 15.1. The number of aromatic nitrogens is 1. The molecule has 1 atom stereocenters. The second kappa shape index (κ2) is 7.99. The van der Waals surface area contributed by atoms with E-state index in [4.69, 9.17) is 0 Å². The molecule has 1 aromatic heterocycles. The molecule has 0 spiro atoms. The predicted octanol–water partition coefficient (Wildman–Crippen LogP) is 3.36. The highest BCUT2D eigenvalue weighted by Crippen LogP contribution is 2.23. The molecule has 2 aromatic rings. The highest BCUT2D eigenvalue weighted by Gasteiger charge is 2.18. The maximum Gasteiger partial charge on any atom is 0.337 e. The minimum Gasteiger partial charge on any atom is -0.465 e. The predicted molar refractivity (Wildman–Crippen MR) is 101 cm³/mol. The number of anilines is 2. The third kappa shape index (κ3) is 4.20. The fraction of sp³-hybridized carbons (Fsp3) is 0.350. The number of nitrogens with zero attached hydrogens (tertiary/aromatic N) is 2. The highest BCUT2D eigenvalue weighted by atomic mass is 16.5. The van der Waals surface area contributed by atoms with Crippen molar-refractivity contribution in [3.05, 3.63) is 53.9 Å². The van der Waals surface area contributed by atoms with Gasteiger partial charge in [-0.3, -0.25) is 9.78 Å². The van der Waals surface area contributed by atoms with Crippen LogP contribution in [0.3, 0.4) is 0 Å². The van der Waals surface area contributed by atoms with Crippen LogP contribution in [-0.4, -0.2) is 37.1 Å². The van der Waals surface area contributed by atoms with Gasteiger partial charge in [0.15, 0.2) is 0 Å². The Morgan fingerprint density at radius 2 is 2.00 bits per heavy atom. The van der Waals surface area contributed by atoms with Crippen LogP contribution in [0.4, 0.5) is 11.4 Å². The Bertz CT molecular complexity index is 789. The topological polar surface area (TPSA) is 71.5 Å². The Labute approximate surface area is 153 Å². The molecule has 1 N–H and O–H groups in total. The first-order valence-electron chi connectivity index (χ1n) is 8.77. The summed E-state index contributed by atoms with van der Waals surface area (Å²) in [7, 11) is 1.33. The fourth-order valence-electron chi connectivity index (χ4n) is 3.17. The normalized spacial score (nSPS) is 16.8. The molecule has 2 heterocycles. The van der Waals surface area contributed by atoms with E-state index < -0.39 is 5.97 Å². The molecular weight excluding hydrogens is 330 g/mol. The van der Waals surface area contributed by atoms with Gasteiger partial charge < -0.3 is 15.0 Å². The Kier molecular flexibility index (Phi) is 5.51. The molecule has 26 heavy (non-hydrogen) atoms. The lowest BCUT2D eigenvalue weighted by atomic mass is 10.00. The minimum atomic E-state index is -0.409.